The van der Waals surface area contributed by atoms with Gasteiger partial charge in [-0.05, 0) is 30.0 Å². The molecule has 1 N–H and O–H groups in total. The van der Waals surface area contributed by atoms with Crippen LogP contribution in [0.3, 0.4) is 0 Å². The number of nitrogens with zero attached hydrogens (tertiary/aromatic N) is 1. The zero-order chi connectivity index (χ0) is 13.8. The fourth-order valence-corrected chi connectivity index (χ4v) is 1.50. The predicted octanol–water partition coefficient (Wildman–Crippen LogP) is 3.26. The van der Waals surface area contributed by atoms with Crippen molar-refractivity contribution < 1.29 is 9.31 Å². The molecule has 0 aromatic heterocycles. The zero-order valence-electron chi connectivity index (χ0n) is 11.0. The first-order valence-corrected chi connectivity index (χ1v) is 5.93. The number of nitro groups is 1. The average molecular weight is 254 g/mol. The van der Waals surface area contributed by atoms with Gasteiger partial charge in [0.15, 0.2) is 0 Å². The summed E-state index contributed by atoms with van der Waals surface area (Å²) in [6.45, 7) is 7.81. The van der Waals surface area contributed by atoms with Crippen LogP contribution in [-0.4, -0.2) is 11.5 Å². The maximum absolute atomic E-state index is 13.3. The Morgan fingerprint density at radius 2 is 2.06 bits per heavy atom. The van der Waals surface area contributed by atoms with E-state index in [-0.39, 0.29) is 5.41 Å². The fraction of sp³-hybridized carbons (Fsp3) is 0.538. The molecular formula is C13H19FN2O2. The Labute approximate surface area is 106 Å². The topological polar surface area (TPSA) is 55.2 Å². The second-order valence-corrected chi connectivity index (χ2v) is 5.53. The Kier molecular flexibility index (Phi) is 4.78. The van der Waals surface area contributed by atoms with Gasteiger partial charge in [-0.2, -0.15) is 4.39 Å². The van der Waals surface area contributed by atoms with Crippen molar-refractivity contribution in [2.24, 2.45) is 5.41 Å². The normalized spacial score (nSPS) is 11.6. The summed E-state index contributed by atoms with van der Waals surface area (Å²) in [6, 6.07) is 3.99. The second-order valence-electron chi connectivity index (χ2n) is 5.53. The Hall–Kier alpha value is -1.49. The molecule has 0 aliphatic rings. The van der Waals surface area contributed by atoms with Crippen LogP contribution >= 0.6 is 0 Å². The zero-order valence-corrected chi connectivity index (χ0v) is 11.0. The van der Waals surface area contributed by atoms with Gasteiger partial charge in [0.2, 0.25) is 5.82 Å². The number of nitro benzene ring substituents is 1. The van der Waals surface area contributed by atoms with E-state index in [0.29, 0.717) is 12.1 Å². The van der Waals surface area contributed by atoms with E-state index in [1.165, 1.54) is 12.1 Å². The molecule has 0 aliphatic carbocycles. The minimum Gasteiger partial charge on any atom is -0.313 e. The van der Waals surface area contributed by atoms with E-state index in [2.05, 4.69) is 26.1 Å². The average Bonchev–Trinajstić information content (AvgIpc) is 2.22. The molecule has 100 valence electrons. The third kappa shape index (κ3) is 4.79. The third-order valence-electron chi connectivity index (χ3n) is 2.59. The van der Waals surface area contributed by atoms with Crippen LogP contribution in [0.4, 0.5) is 10.1 Å². The number of benzene rings is 1. The molecule has 0 saturated heterocycles. The second kappa shape index (κ2) is 5.91. The van der Waals surface area contributed by atoms with Crippen LogP contribution in [0.15, 0.2) is 18.2 Å². The van der Waals surface area contributed by atoms with E-state index in [1.807, 2.05) is 0 Å². The smallest absolute Gasteiger partial charge is 0.304 e. The summed E-state index contributed by atoms with van der Waals surface area (Å²) >= 11 is 0. The van der Waals surface area contributed by atoms with Crippen molar-refractivity contribution in [1.29, 1.82) is 0 Å². The summed E-state index contributed by atoms with van der Waals surface area (Å²) in [5, 5.41) is 13.7. The molecule has 0 radical (unpaired) electrons. The molecule has 0 bridgehead atoms. The fourth-order valence-electron chi connectivity index (χ4n) is 1.50. The van der Waals surface area contributed by atoms with Crippen LogP contribution < -0.4 is 5.32 Å². The highest BCUT2D eigenvalue weighted by Gasteiger charge is 2.13. The number of halogens is 1. The van der Waals surface area contributed by atoms with Gasteiger partial charge in [-0.1, -0.05) is 26.8 Å². The van der Waals surface area contributed by atoms with E-state index in [4.69, 9.17) is 0 Å². The Morgan fingerprint density at radius 3 is 2.56 bits per heavy atom. The van der Waals surface area contributed by atoms with E-state index < -0.39 is 16.4 Å². The van der Waals surface area contributed by atoms with E-state index in [9.17, 15) is 14.5 Å². The van der Waals surface area contributed by atoms with Crippen LogP contribution in [0.5, 0.6) is 0 Å². The highest BCUT2D eigenvalue weighted by atomic mass is 19.1. The first-order chi connectivity index (χ1) is 8.29. The van der Waals surface area contributed by atoms with Gasteiger partial charge < -0.3 is 5.32 Å². The molecule has 18 heavy (non-hydrogen) atoms. The summed E-state index contributed by atoms with van der Waals surface area (Å²) in [5.41, 5.74) is 0.494. The molecule has 4 nitrogen and oxygen atoms in total. The summed E-state index contributed by atoms with van der Waals surface area (Å²) < 4.78 is 13.3. The van der Waals surface area contributed by atoms with Crippen molar-refractivity contribution in [3.63, 3.8) is 0 Å². The maximum atomic E-state index is 13.3. The van der Waals surface area contributed by atoms with Crippen molar-refractivity contribution in [1.82, 2.24) is 5.32 Å². The molecular weight excluding hydrogens is 235 g/mol. The van der Waals surface area contributed by atoms with Crippen LogP contribution in [0.25, 0.3) is 0 Å². The van der Waals surface area contributed by atoms with Gasteiger partial charge in [0.1, 0.15) is 0 Å². The lowest BCUT2D eigenvalue weighted by Gasteiger charge is -2.18. The first kappa shape index (κ1) is 14.6. The Bertz CT molecular complexity index is 427. The lowest BCUT2D eigenvalue weighted by atomic mass is 9.92. The standard InChI is InChI=1S/C13H19FN2O2/c1-13(2,3)6-7-15-9-10-4-5-12(16(17)18)11(14)8-10/h4-5,8,15H,6-7,9H2,1-3H3. The summed E-state index contributed by atoms with van der Waals surface area (Å²) in [5.74, 6) is -0.782. The van der Waals surface area contributed by atoms with Crippen LogP contribution in [-0.2, 0) is 6.54 Å². The van der Waals surface area contributed by atoms with Crippen molar-refractivity contribution in [3.8, 4) is 0 Å². The van der Waals surface area contributed by atoms with Crippen LogP contribution in [0.2, 0.25) is 0 Å². The molecule has 1 aromatic rings. The molecule has 0 heterocycles. The van der Waals surface area contributed by atoms with Crippen LogP contribution in [0, 0.1) is 21.3 Å². The highest BCUT2D eigenvalue weighted by molar-refractivity contribution is 5.34. The molecule has 1 rings (SSSR count). The minimum absolute atomic E-state index is 0.258. The largest absolute Gasteiger partial charge is 0.313 e. The van der Waals surface area contributed by atoms with E-state index in [1.54, 1.807) is 6.07 Å². The molecule has 0 amide bonds. The van der Waals surface area contributed by atoms with Crippen molar-refractivity contribution in [2.45, 2.75) is 33.7 Å². The van der Waals surface area contributed by atoms with Gasteiger partial charge in [-0.15, -0.1) is 0 Å². The summed E-state index contributed by atoms with van der Waals surface area (Å²) in [6.07, 6.45) is 1.02. The minimum atomic E-state index is -0.782. The van der Waals surface area contributed by atoms with Gasteiger partial charge in [0, 0.05) is 12.6 Å². The molecule has 0 atom stereocenters. The lowest BCUT2D eigenvalue weighted by molar-refractivity contribution is -0.387. The Morgan fingerprint density at radius 1 is 1.39 bits per heavy atom. The number of hydrogen-bond acceptors (Lipinski definition) is 3. The van der Waals surface area contributed by atoms with Gasteiger partial charge in [-0.3, -0.25) is 10.1 Å². The van der Waals surface area contributed by atoms with Crippen molar-refractivity contribution >= 4 is 5.69 Å². The SMILES string of the molecule is CC(C)(C)CCNCc1ccc([N+](=O)[O-])c(F)c1. The van der Waals surface area contributed by atoms with Gasteiger partial charge in [0.05, 0.1) is 4.92 Å². The maximum Gasteiger partial charge on any atom is 0.304 e. The van der Waals surface area contributed by atoms with E-state index >= 15 is 0 Å². The monoisotopic (exact) mass is 254 g/mol. The molecule has 1 aromatic carbocycles. The highest BCUT2D eigenvalue weighted by Crippen LogP contribution is 2.19. The predicted molar refractivity (Wildman–Crippen MR) is 68.8 cm³/mol. The molecule has 0 aliphatic heterocycles. The van der Waals surface area contributed by atoms with Gasteiger partial charge >= 0.3 is 5.69 Å². The number of nitrogens with one attached hydrogen (secondary N) is 1. The quantitative estimate of drug-likeness (QED) is 0.498. The summed E-state index contributed by atoms with van der Waals surface area (Å²) in [4.78, 5) is 9.74. The van der Waals surface area contributed by atoms with E-state index in [0.717, 1.165) is 13.0 Å². The van der Waals surface area contributed by atoms with Gasteiger partial charge in [0.25, 0.3) is 0 Å². The first-order valence-electron chi connectivity index (χ1n) is 5.93. The number of hydrogen-bond donors (Lipinski definition) is 1. The molecule has 0 fully saturated rings. The molecule has 0 saturated carbocycles. The molecule has 0 unspecified atom stereocenters. The Balaban J connectivity index is 2.49. The molecule has 0 spiro atoms. The van der Waals surface area contributed by atoms with Gasteiger partial charge in [-0.25, -0.2) is 0 Å². The van der Waals surface area contributed by atoms with Crippen molar-refractivity contribution in [3.05, 3.63) is 39.7 Å². The lowest BCUT2D eigenvalue weighted by Crippen LogP contribution is -2.20. The molecule has 5 heteroatoms. The van der Waals surface area contributed by atoms with Crippen LogP contribution in [0.1, 0.15) is 32.8 Å². The van der Waals surface area contributed by atoms with Crippen molar-refractivity contribution in [2.75, 3.05) is 6.54 Å². The summed E-state index contributed by atoms with van der Waals surface area (Å²) in [7, 11) is 0. The number of rotatable bonds is 5. The third-order valence-corrected chi connectivity index (χ3v) is 2.59.